The number of hydrogen-bond acceptors (Lipinski definition) is 1. The van der Waals surface area contributed by atoms with Gasteiger partial charge >= 0.3 is 18.9 Å². The Bertz CT molecular complexity index is 53.7. The molecule has 6 heavy (non-hydrogen) atoms. The summed E-state index contributed by atoms with van der Waals surface area (Å²) in [6.07, 6.45) is 4.73. The first kappa shape index (κ1) is 9.30. The smallest absolute Gasteiger partial charge is 1.00 e. The van der Waals surface area contributed by atoms with Crippen LogP contribution in [0.2, 0.25) is 0 Å². The van der Waals surface area contributed by atoms with Crippen LogP contribution < -0.4 is 24.6 Å². The molecule has 2 N–H and O–H groups in total. The van der Waals surface area contributed by atoms with Crippen LogP contribution in [0.5, 0.6) is 0 Å². The Hall–Kier alpha value is -0.123. The van der Waals surface area contributed by atoms with Gasteiger partial charge in [-0.2, -0.15) is 0 Å². The predicted octanol–water partition coefficient (Wildman–Crippen LogP) is -2.24. The molecule has 0 amide bonds. The maximum Gasteiger partial charge on any atom is 1.00 e. The van der Waals surface area contributed by atoms with Crippen molar-refractivity contribution in [3.63, 3.8) is 0 Å². The van der Waals surface area contributed by atoms with Crippen LogP contribution in [0.3, 0.4) is 0 Å². The van der Waals surface area contributed by atoms with Gasteiger partial charge in [-0.1, -0.05) is 12.7 Å². The van der Waals surface area contributed by atoms with Crippen molar-refractivity contribution < 1.29 is 20.3 Å². The second-order valence-corrected chi connectivity index (χ2v) is 0.621. The van der Waals surface area contributed by atoms with Gasteiger partial charge in [-0.25, -0.2) is 0 Å². The third kappa shape index (κ3) is 9.11. The van der Waals surface area contributed by atoms with Gasteiger partial charge in [-0.05, 0) is 12.3 Å². The molecular formula is C4H8LiN. The van der Waals surface area contributed by atoms with Crippen LogP contribution in [-0.2, 0) is 0 Å². The molecule has 0 aliphatic heterocycles. The SMILES string of the molecule is C=CC=CN.[H-].[Li+]. The Morgan fingerprint density at radius 3 is 2.17 bits per heavy atom. The van der Waals surface area contributed by atoms with Crippen LogP contribution in [0.1, 0.15) is 1.43 Å². The molecule has 0 unspecified atom stereocenters. The van der Waals surface area contributed by atoms with Gasteiger partial charge in [0.15, 0.2) is 0 Å². The summed E-state index contributed by atoms with van der Waals surface area (Å²) in [5.41, 5.74) is 4.89. The standard InChI is InChI=1S/C4H7N.Li.H/c1-2-3-4-5;;/h2-4H,1,5H2;;/q;+1;-1. The minimum absolute atomic E-state index is 0. The summed E-state index contributed by atoms with van der Waals surface area (Å²) in [5.74, 6) is 0. The van der Waals surface area contributed by atoms with E-state index in [1.165, 1.54) is 6.20 Å². The number of nitrogens with two attached hydrogens (primary N) is 1. The topological polar surface area (TPSA) is 26.0 Å². The van der Waals surface area contributed by atoms with Gasteiger partial charge in [0.05, 0.1) is 0 Å². The molecule has 0 fully saturated rings. The van der Waals surface area contributed by atoms with Gasteiger partial charge in [0.1, 0.15) is 0 Å². The maximum atomic E-state index is 4.89. The molecule has 0 spiro atoms. The van der Waals surface area contributed by atoms with Crippen molar-refractivity contribution in [1.82, 2.24) is 0 Å². The zero-order valence-electron chi connectivity index (χ0n) is 5.02. The van der Waals surface area contributed by atoms with E-state index in [-0.39, 0.29) is 20.3 Å². The molecule has 30 valence electrons. The molecule has 0 radical (unpaired) electrons. The van der Waals surface area contributed by atoms with Gasteiger partial charge < -0.3 is 7.16 Å². The quantitative estimate of drug-likeness (QED) is 0.278. The molecule has 0 bridgehead atoms. The first-order valence-electron chi connectivity index (χ1n) is 1.41. The van der Waals surface area contributed by atoms with E-state index < -0.39 is 0 Å². The summed E-state index contributed by atoms with van der Waals surface area (Å²) in [4.78, 5) is 0. The van der Waals surface area contributed by atoms with Crippen LogP contribution in [0.4, 0.5) is 0 Å². The summed E-state index contributed by atoms with van der Waals surface area (Å²) in [7, 11) is 0. The van der Waals surface area contributed by atoms with Gasteiger partial charge in [0, 0.05) is 0 Å². The van der Waals surface area contributed by atoms with E-state index in [1.54, 1.807) is 12.2 Å². The molecular weight excluding hydrogens is 69.0 g/mol. The summed E-state index contributed by atoms with van der Waals surface area (Å²) in [6, 6.07) is 0. The van der Waals surface area contributed by atoms with E-state index in [9.17, 15) is 0 Å². The van der Waals surface area contributed by atoms with Crippen LogP contribution in [-0.4, -0.2) is 0 Å². The minimum Gasteiger partial charge on any atom is -1.00 e. The summed E-state index contributed by atoms with van der Waals surface area (Å²) in [5, 5.41) is 0. The van der Waals surface area contributed by atoms with E-state index >= 15 is 0 Å². The van der Waals surface area contributed by atoms with E-state index in [0.29, 0.717) is 0 Å². The van der Waals surface area contributed by atoms with Crippen molar-refractivity contribution in [3.8, 4) is 0 Å². The molecule has 0 saturated heterocycles. The largest absolute Gasteiger partial charge is 1.00 e. The number of allylic oxidation sites excluding steroid dienone is 2. The Morgan fingerprint density at radius 2 is 2.17 bits per heavy atom. The average Bonchev–Trinajstić information content (AvgIpc) is 1.41. The first-order chi connectivity index (χ1) is 2.41. The molecule has 0 aromatic rings. The first-order valence-corrected chi connectivity index (χ1v) is 1.41. The molecule has 0 atom stereocenters. The number of hydrogen-bond donors (Lipinski definition) is 1. The van der Waals surface area contributed by atoms with Gasteiger partial charge in [-0.15, -0.1) is 0 Å². The molecule has 0 rings (SSSR count). The van der Waals surface area contributed by atoms with Crippen LogP contribution >= 0.6 is 0 Å². The molecule has 0 saturated carbocycles. The van der Waals surface area contributed by atoms with Crippen LogP contribution in [0, 0.1) is 0 Å². The van der Waals surface area contributed by atoms with Gasteiger partial charge in [-0.3, -0.25) is 0 Å². The Labute approximate surface area is 51.6 Å². The molecule has 0 aromatic carbocycles. The molecule has 0 heterocycles. The zero-order chi connectivity index (χ0) is 4.12. The summed E-state index contributed by atoms with van der Waals surface area (Å²) in [6.45, 7) is 3.38. The third-order valence-corrected chi connectivity index (χ3v) is 0.247. The average molecular weight is 77.1 g/mol. The fourth-order valence-corrected chi connectivity index (χ4v) is 0.0786. The van der Waals surface area contributed by atoms with Crippen molar-refractivity contribution in [3.05, 3.63) is 24.9 Å². The molecule has 1 nitrogen and oxygen atoms in total. The Morgan fingerprint density at radius 1 is 1.67 bits per heavy atom. The Kier molecular flexibility index (Phi) is 13.7. The summed E-state index contributed by atoms with van der Waals surface area (Å²) >= 11 is 0. The van der Waals surface area contributed by atoms with Crippen LogP contribution in [0.15, 0.2) is 24.9 Å². The monoisotopic (exact) mass is 77.1 g/mol. The van der Waals surface area contributed by atoms with Crippen molar-refractivity contribution in [2.75, 3.05) is 0 Å². The zero-order valence-corrected chi connectivity index (χ0v) is 4.02. The van der Waals surface area contributed by atoms with Crippen molar-refractivity contribution in [1.29, 1.82) is 0 Å². The third-order valence-electron chi connectivity index (χ3n) is 0.247. The molecule has 0 aliphatic rings. The number of rotatable bonds is 1. The predicted molar refractivity (Wildman–Crippen MR) is 24.6 cm³/mol. The van der Waals surface area contributed by atoms with E-state index in [0.717, 1.165) is 0 Å². The second kappa shape index (κ2) is 8.86. The van der Waals surface area contributed by atoms with E-state index in [1.807, 2.05) is 0 Å². The fraction of sp³-hybridized carbons (Fsp3) is 0. The van der Waals surface area contributed by atoms with Crippen molar-refractivity contribution in [2.24, 2.45) is 5.73 Å². The van der Waals surface area contributed by atoms with Crippen LogP contribution in [0.25, 0.3) is 0 Å². The van der Waals surface area contributed by atoms with Gasteiger partial charge in [0.25, 0.3) is 0 Å². The molecule has 2 heteroatoms. The fourth-order valence-electron chi connectivity index (χ4n) is 0.0786. The minimum atomic E-state index is 0. The van der Waals surface area contributed by atoms with E-state index in [2.05, 4.69) is 6.58 Å². The Balaban J connectivity index is -0.0000000800. The normalized spacial score (nSPS) is 7.33. The van der Waals surface area contributed by atoms with E-state index in [4.69, 9.17) is 5.73 Å². The van der Waals surface area contributed by atoms with Crippen molar-refractivity contribution >= 4 is 0 Å². The molecule has 0 aromatic heterocycles. The summed E-state index contributed by atoms with van der Waals surface area (Å²) < 4.78 is 0. The van der Waals surface area contributed by atoms with Crippen molar-refractivity contribution in [2.45, 2.75) is 0 Å². The second-order valence-electron chi connectivity index (χ2n) is 0.621. The molecule has 0 aliphatic carbocycles. The maximum absolute atomic E-state index is 4.89. The van der Waals surface area contributed by atoms with Gasteiger partial charge in [0.2, 0.25) is 0 Å².